The molecule has 1 fully saturated rings. The molecule has 0 atom stereocenters. The van der Waals surface area contributed by atoms with Crippen molar-refractivity contribution in [3.05, 3.63) is 95.9 Å². The SMILES string of the molecule is OC(O)C1(Cc2nc3cc(OCc4ccc5ccccc5n4)ccc3n2Cc2ccc(OC(F)(F)F)cc2)CCCC1. The van der Waals surface area contributed by atoms with Crippen molar-refractivity contribution in [3.8, 4) is 11.5 Å². The molecule has 218 valence electrons. The fourth-order valence-electron chi connectivity index (χ4n) is 5.81. The van der Waals surface area contributed by atoms with Gasteiger partial charge in [-0.15, -0.1) is 13.2 Å². The Morgan fingerprint density at radius 3 is 2.33 bits per heavy atom. The molecular weight excluding hydrogens is 547 g/mol. The van der Waals surface area contributed by atoms with Gasteiger partial charge in [0.2, 0.25) is 0 Å². The molecule has 0 aliphatic heterocycles. The number of aliphatic hydroxyl groups excluding tert-OH is 1. The molecule has 10 heteroatoms. The van der Waals surface area contributed by atoms with Crippen molar-refractivity contribution in [1.82, 2.24) is 14.5 Å². The lowest BCUT2D eigenvalue weighted by molar-refractivity contribution is -0.274. The average molecular weight is 578 g/mol. The molecule has 2 N–H and O–H groups in total. The van der Waals surface area contributed by atoms with Crippen LogP contribution in [-0.2, 0) is 19.6 Å². The number of imidazole rings is 1. The van der Waals surface area contributed by atoms with Gasteiger partial charge in [0.05, 0.1) is 22.2 Å². The van der Waals surface area contributed by atoms with Gasteiger partial charge < -0.3 is 24.3 Å². The molecule has 1 aliphatic carbocycles. The summed E-state index contributed by atoms with van der Waals surface area (Å²) in [4.78, 5) is 9.56. The van der Waals surface area contributed by atoms with Crippen molar-refractivity contribution >= 4 is 21.9 Å². The summed E-state index contributed by atoms with van der Waals surface area (Å²) in [6.07, 6.45) is -2.75. The van der Waals surface area contributed by atoms with Gasteiger partial charge in [-0.3, -0.25) is 0 Å². The molecule has 6 rings (SSSR count). The van der Waals surface area contributed by atoms with E-state index in [4.69, 9.17) is 9.72 Å². The Labute approximate surface area is 240 Å². The Morgan fingerprint density at radius 1 is 0.857 bits per heavy atom. The number of rotatable bonds is 9. The van der Waals surface area contributed by atoms with Gasteiger partial charge in [0.15, 0.2) is 6.29 Å². The van der Waals surface area contributed by atoms with E-state index < -0.39 is 18.1 Å². The van der Waals surface area contributed by atoms with Crippen molar-refractivity contribution in [2.75, 3.05) is 0 Å². The maximum atomic E-state index is 12.6. The molecule has 0 radical (unpaired) electrons. The summed E-state index contributed by atoms with van der Waals surface area (Å²) in [7, 11) is 0. The van der Waals surface area contributed by atoms with Gasteiger partial charge in [-0.2, -0.15) is 0 Å². The van der Waals surface area contributed by atoms with Gasteiger partial charge in [-0.05, 0) is 54.8 Å². The largest absolute Gasteiger partial charge is 0.573 e. The van der Waals surface area contributed by atoms with Crippen LogP contribution < -0.4 is 9.47 Å². The van der Waals surface area contributed by atoms with E-state index in [-0.39, 0.29) is 12.4 Å². The van der Waals surface area contributed by atoms with Gasteiger partial charge >= 0.3 is 6.36 Å². The monoisotopic (exact) mass is 577 g/mol. The Bertz CT molecular complexity index is 1690. The van der Waals surface area contributed by atoms with Crippen molar-refractivity contribution in [1.29, 1.82) is 0 Å². The van der Waals surface area contributed by atoms with Crippen LogP contribution in [0.4, 0.5) is 13.2 Å². The number of aliphatic hydroxyl groups is 2. The number of fused-ring (bicyclic) bond motifs is 2. The normalized spacial score (nSPS) is 15.1. The van der Waals surface area contributed by atoms with Crippen LogP contribution in [0, 0.1) is 5.41 Å². The fourth-order valence-corrected chi connectivity index (χ4v) is 5.81. The number of para-hydroxylation sites is 1. The molecule has 3 aromatic carbocycles. The molecule has 0 amide bonds. The first kappa shape index (κ1) is 28.0. The first-order valence-corrected chi connectivity index (χ1v) is 13.8. The minimum atomic E-state index is -4.76. The second kappa shape index (κ2) is 11.3. The van der Waals surface area contributed by atoms with Crippen LogP contribution in [0.15, 0.2) is 78.9 Å². The highest BCUT2D eigenvalue weighted by molar-refractivity contribution is 5.79. The standard InChI is InChI=1S/C32H30F3N3O4/c33-32(34,35)42-24-11-7-21(8-12-24)19-38-28-14-13-25(41-20-23-10-9-22-5-1-2-6-26(22)36-23)17-27(28)37-29(38)18-31(30(39)40)15-3-4-16-31/h1-2,5-14,17,30,39-40H,3-4,15-16,18-20H2. The molecule has 7 nitrogen and oxygen atoms in total. The zero-order chi connectivity index (χ0) is 29.3. The van der Waals surface area contributed by atoms with Crippen molar-refractivity contribution in [2.45, 2.75) is 57.9 Å². The number of benzene rings is 3. The third-order valence-electron chi connectivity index (χ3n) is 8.00. The third-order valence-corrected chi connectivity index (χ3v) is 8.00. The maximum absolute atomic E-state index is 12.6. The van der Waals surface area contributed by atoms with Crippen LogP contribution in [0.25, 0.3) is 21.9 Å². The van der Waals surface area contributed by atoms with Gasteiger partial charge in [-0.1, -0.05) is 49.2 Å². The summed E-state index contributed by atoms with van der Waals surface area (Å²) in [5.41, 5.74) is 3.20. The summed E-state index contributed by atoms with van der Waals surface area (Å²) < 4.78 is 49.9. The number of nitrogens with zero attached hydrogens (tertiary/aromatic N) is 3. The second-order valence-electron chi connectivity index (χ2n) is 10.9. The topological polar surface area (TPSA) is 89.6 Å². The van der Waals surface area contributed by atoms with Crippen molar-refractivity contribution in [2.24, 2.45) is 5.41 Å². The van der Waals surface area contributed by atoms with Gasteiger partial charge in [0.25, 0.3) is 0 Å². The predicted molar refractivity (Wildman–Crippen MR) is 151 cm³/mol. The Hall–Kier alpha value is -4.15. The van der Waals surface area contributed by atoms with Crippen LogP contribution in [0.1, 0.15) is 42.8 Å². The van der Waals surface area contributed by atoms with Crippen LogP contribution in [0.2, 0.25) is 0 Å². The zero-order valence-corrected chi connectivity index (χ0v) is 22.7. The molecule has 42 heavy (non-hydrogen) atoms. The number of pyridine rings is 1. The fraction of sp³-hybridized carbons (Fsp3) is 0.312. The van der Waals surface area contributed by atoms with Gasteiger partial charge in [0, 0.05) is 29.8 Å². The molecule has 0 saturated heterocycles. The van der Waals surface area contributed by atoms with E-state index in [1.54, 1.807) is 12.1 Å². The summed E-state index contributed by atoms with van der Waals surface area (Å²) in [6.45, 7) is 0.604. The molecule has 0 bridgehead atoms. The van der Waals surface area contributed by atoms with E-state index >= 15 is 0 Å². The predicted octanol–water partition coefficient (Wildman–Crippen LogP) is 6.52. The van der Waals surface area contributed by atoms with Crippen LogP contribution >= 0.6 is 0 Å². The van der Waals surface area contributed by atoms with Crippen LogP contribution in [0.5, 0.6) is 11.5 Å². The number of aromatic nitrogens is 3. The number of halogens is 3. The lowest BCUT2D eigenvalue weighted by Crippen LogP contribution is -2.35. The molecule has 0 spiro atoms. The first-order valence-electron chi connectivity index (χ1n) is 13.8. The molecule has 2 heterocycles. The Morgan fingerprint density at radius 2 is 1.60 bits per heavy atom. The van der Waals surface area contributed by atoms with Crippen molar-refractivity contribution < 1.29 is 32.9 Å². The van der Waals surface area contributed by atoms with Crippen molar-refractivity contribution in [3.63, 3.8) is 0 Å². The summed E-state index contributed by atoms with van der Waals surface area (Å²) in [5, 5.41) is 21.7. The van der Waals surface area contributed by atoms with Gasteiger partial charge in [-0.25, -0.2) is 9.97 Å². The highest BCUT2D eigenvalue weighted by Crippen LogP contribution is 2.43. The highest BCUT2D eigenvalue weighted by Gasteiger charge is 2.41. The summed E-state index contributed by atoms with van der Waals surface area (Å²) in [6, 6.07) is 23.1. The van der Waals surface area contributed by atoms with E-state index in [1.165, 1.54) is 12.1 Å². The number of hydrogen-bond acceptors (Lipinski definition) is 6. The zero-order valence-electron chi connectivity index (χ0n) is 22.7. The Kier molecular flexibility index (Phi) is 7.51. The quantitative estimate of drug-likeness (QED) is 0.194. The van der Waals surface area contributed by atoms with E-state index in [0.717, 1.165) is 40.5 Å². The minimum absolute atomic E-state index is 0.274. The summed E-state index contributed by atoms with van der Waals surface area (Å²) >= 11 is 0. The lowest BCUT2D eigenvalue weighted by atomic mass is 9.81. The maximum Gasteiger partial charge on any atom is 0.573 e. The average Bonchev–Trinajstić information content (AvgIpc) is 3.57. The third kappa shape index (κ3) is 6.05. The first-order chi connectivity index (χ1) is 20.2. The molecule has 5 aromatic rings. The van der Waals surface area contributed by atoms with E-state index in [9.17, 15) is 23.4 Å². The van der Waals surface area contributed by atoms with Gasteiger partial charge in [0.1, 0.15) is 23.9 Å². The second-order valence-corrected chi connectivity index (χ2v) is 10.9. The molecule has 1 aliphatic rings. The molecule has 2 aromatic heterocycles. The van der Waals surface area contributed by atoms with E-state index in [0.29, 0.717) is 42.9 Å². The highest BCUT2D eigenvalue weighted by atomic mass is 19.4. The van der Waals surface area contributed by atoms with Crippen LogP contribution in [-0.4, -0.2) is 37.4 Å². The van der Waals surface area contributed by atoms with Crippen LogP contribution in [0.3, 0.4) is 0 Å². The lowest BCUT2D eigenvalue weighted by Gasteiger charge is -2.30. The molecule has 0 unspecified atom stereocenters. The number of hydrogen-bond donors (Lipinski definition) is 2. The smallest absolute Gasteiger partial charge is 0.487 e. The number of ether oxygens (including phenoxy) is 2. The molecule has 1 saturated carbocycles. The van der Waals surface area contributed by atoms with E-state index in [2.05, 4.69) is 9.72 Å². The molecular formula is C32H30F3N3O4. The summed E-state index contributed by atoms with van der Waals surface area (Å²) in [5.74, 6) is 0.988. The Balaban J connectivity index is 1.29. The minimum Gasteiger partial charge on any atom is -0.487 e. The van der Waals surface area contributed by atoms with E-state index in [1.807, 2.05) is 59.2 Å². The number of alkyl halides is 3.